The van der Waals surface area contributed by atoms with E-state index >= 15 is 0 Å². The van der Waals surface area contributed by atoms with Crippen LogP contribution in [0, 0.1) is 11.8 Å². The molecule has 29 heavy (non-hydrogen) atoms. The van der Waals surface area contributed by atoms with Crippen molar-refractivity contribution in [2.75, 3.05) is 12.0 Å². The van der Waals surface area contributed by atoms with Crippen LogP contribution < -0.4 is 4.90 Å². The van der Waals surface area contributed by atoms with Gasteiger partial charge in [0.1, 0.15) is 6.04 Å². The first-order chi connectivity index (χ1) is 14.0. The van der Waals surface area contributed by atoms with E-state index < -0.39 is 35.8 Å². The number of hydrogen-bond donors (Lipinski definition) is 0. The zero-order valence-electron chi connectivity index (χ0n) is 15.5. The Morgan fingerprint density at radius 3 is 2.45 bits per heavy atom. The van der Waals surface area contributed by atoms with Crippen molar-refractivity contribution in [2.45, 2.75) is 12.1 Å². The number of esters is 1. The lowest BCUT2D eigenvalue weighted by Gasteiger charge is -2.34. The van der Waals surface area contributed by atoms with Crippen LogP contribution >= 0.6 is 11.6 Å². The van der Waals surface area contributed by atoms with E-state index in [2.05, 4.69) is 0 Å². The molecule has 3 aliphatic heterocycles. The zero-order valence-corrected chi connectivity index (χ0v) is 16.2. The van der Waals surface area contributed by atoms with Gasteiger partial charge in [0, 0.05) is 6.20 Å². The molecule has 0 N–H and O–H groups in total. The molecule has 0 bridgehead atoms. The molecule has 0 aliphatic carbocycles. The van der Waals surface area contributed by atoms with E-state index in [9.17, 15) is 14.4 Å². The summed E-state index contributed by atoms with van der Waals surface area (Å²) in [6.07, 6.45) is 3.68. The Morgan fingerprint density at radius 2 is 1.69 bits per heavy atom. The van der Waals surface area contributed by atoms with Crippen LogP contribution in [0.25, 0.3) is 6.08 Å². The Labute approximate surface area is 172 Å². The zero-order chi connectivity index (χ0) is 20.3. The van der Waals surface area contributed by atoms with Gasteiger partial charge in [-0.2, -0.15) is 0 Å². The van der Waals surface area contributed by atoms with Gasteiger partial charge in [0.15, 0.2) is 0 Å². The normalized spacial score (nSPS) is 27.0. The lowest BCUT2D eigenvalue weighted by atomic mass is 9.84. The van der Waals surface area contributed by atoms with Crippen molar-refractivity contribution in [3.63, 3.8) is 0 Å². The fourth-order valence-electron chi connectivity index (χ4n) is 4.82. The number of carbonyl (C=O) groups excluding carboxylic acids is 3. The SMILES string of the molecule is COC(=O)[C@H]1[C@H]2C(=O)N(c3ccccc3Cl)C(=O)[C@@H]2[C@H]2c3ccccc3C=CN21. The first-order valence-electron chi connectivity index (χ1n) is 9.29. The highest BCUT2D eigenvalue weighted by molar-refractivity contribution is 6.36. The first-order valence-corrected chi connectivity index (χ1v) is 9.67. The molecular weight excluding hydrogens is 392 g/mol. The highest BCUT2D eigenvalue weighted by Crippen LogP contribution is 2.53. The summed E-state index contributed by atoms with van der Waals surface area (Å²) in [5.74, 6) is -2.85. The van der Waals surface area contributed by atoms with Crippen molar-refractivity contribution < 1.29 is 19.1 Å². The second-order valence-corrected chi connectivity index (χ2v) is 7.73. The molecule has 0 saturated carbocycles. The van der Waals surface area contributed by atoms with Gasteiger partial charge in [-0.15, -0.1) is 0 Å². The fraction of sp³-hybridized carbons (Fsp3) is 0.227. The smallest absolute Gasteiger partial charge is 0.329 e. The van der Waals surface area contributed by atoms with Crippen molar-refractivity contribution in [3.8, 4) is 0 Å². The predicted molar refractivity (Wildman–Crippen MR) is 107 cm³/mol. The van der Waals surface area contributed by atoms with Gasteiger partial charge >= 0.3 is 5.97 Å². The van der Waals surface area contributed by atoms with Crippen LogP contribution in [0.2, 0.25) is 5.02 Å². The number of rotatable bonds is 2. The maximum absolute atomic E-state index is 13.5. The van der Waals surface area contributed by atoms with Crippen LogP contribution in [-0.2, 0) is 19.1 Å². The molecule has 4 atom stereocenters. The Bertz CT molecular complexity index is 1080. The van der Waals surface area contributed by atoms with Crippen molar-refractivity contribution in [2.24, 2.45) is 11.8 Å². The Hall–Kier alpha value is -3.12. The van der Waals surface area contributed by atoms with Crippen LogP contribution in [0.3, 0.4) is 0 Å². The second-order valence-electron chi connectivity index (χ2n) is 7.32. The number of methoxy groups -OCH3 is 1. The summed E-state index contributed by atoms with van der Waals surface area (Å²) in [4.78, 5) is 42.5. The quantitative estimate of drug-likeness (QED) is 0.564. The third kappa shape index (κ3) is 2.39. The highest BCUT2D eigenvalue weighted by Gasteiger charge is 2.65. The van der Waals surface area contributed by atoms with Crippen molar-refractivity contribution in [1.29, 1.82) is 0 Å². The van der Waals surface area contributed by atoms with Gasteiger partial charge in [0.2, 0.25) is 11.8 Å². The van der Waals surface area contributed by atoms with Gasteiger partial charge < -0.3 is 9.64 Å². The van der Waals surface area contributed by atoms with E-state index in [-0.39, 0.29) is 5.91 Å². The van der Waals surface area contributed by atoms with Gasteiger partial charge in [-0.1, -0.05) is 48.0 Å². The van der Waals surface area contributed by atoms with Gasteiger partial charge in [-0.3, -0.25) is 9.59 Å². The van der Waals surface area contributed by atoms with Crippen LogP contribution in [0.4, 0.5) is 5.69 Å². The van der Waals surface area contributed by atoms with E-state index in [0.29, 0.717) is 10.7 Å². The van der Waals surface area contributed by atoms with E-state index in [4.69, 9.17) is 16.3 Å². The average Bonchev–Trinajstić information content (AvgIpc) is 3.21. The molecule has 5 rings (SSSR count). The molecule has 2 amide bonds. The van der Waals surface area contributed by atoms with Crippen LogP contribution in [0.1, 0.15) is 17.2 Å². The molecule has 3 aliphatic rings. The Balaban J connectivity index is 1.67. The second kappa shape index (κ2) is 6.46. The molecule has 2 aromatic rings. The van der Waals surface area contributed by atoms with Gasteiger partial charge in [-0.25, -0.2) is 9.69 Å². The molecule has 0 aromatic heterocycles. The minimum atomic E-state index is -0.872. The molecule has 0 radical (unpaired) electrons. The van der Waals surface area contributed by atoms with Crippen molar-refractivity contribution in [1.82, 2.24) is 4.90 Å². The Morgan fingerprint density at radius 1 is 1.00 bits per heavy atom. The number of halogens is 1. The summed E-state index contributed by atoms with van der Waals surface area (Å²) in [6, 6.07) is 13.1. The lowest BCUT2D eigenvalue weighted by Crippen LogP contribution is -2.44. The Kier molecular flexibility index (Phi) is 3.99. The van der Waals surface area contributed by atoms with Crippen LogP contribution in [0.15, 0.2) is 54.7 Å². The number of hydrogen-bond acceptors (Lipinski definition) is 5. The summed E-state index contributed by atoms with van der Waals surface area (Å²) in [5, 5.41) is 0.310. The number of ether oxygens (including phenoxy) is 1. The molecule has 7 heteroatoms. The summed E-state index contributed by atoms with van der Waals surface area (Å²) in [5.41, 5.74) is 2.22. The molecule has 2 saturated heterocycles. The number of benzene rings is 2. The lowest BCUT2D eigenvalue weighted by molar-refractivity contribution is -0.148. The standard InChI is InChI=1S/C22H17ClN2O4/c1-29-22(28)19-17-16(18-13-7-3-2-6-12(13)10-11-24(18)19)20(26)25(21(17)27)15-9-5-4-8-14(15)23/h2-11,16-19H,1H3/t16-,17-,18+,19+/m0/s1. The number of carbonyl (C=O) groups is 3. The minimum absolute atomic E-state index is 0.310. The summed E-state index contributed by atoms with van der Waals surface area (Å²) >= 11 is 6.28. The third-order valence-corrected chi connectivity index (χ3v) is 6.32. The number of para-hydroxylation sites is 1. The van der Waals surface area contributed by atoms with Crippen molar-refractivity contribution >= 4 is 41.1 Å². The maximum atomic E-state index is 13.5. The molecular formula is C22H17ClN2O4. The topological polar surface area (TPSA) is 66.9 Å². The number of amides is 2. The molecule has 2 aromatic carbocycles. The molecule has 0 spiro atoms. The summed E-state index contributed by atoms with van der Waals surface area (Å²) in [7, 11) is 1.29. The number of imide groups is 1. The van der Waals surface area contributed by atoms with E-state index in [1.807, 2.05) is 30.3 Å². The summed E-state index contributed by atoms with van der Waals surface area (Å²) in [6.45, 7) is 0. The third-order valence-electron chi connectivity index (χ3n) is 6.00. The fourth-order valence-corrected chi connectivity index (χ4v) is 5.04. The van der Waals surface area contributed by atoms with Gasteiger partial charge in [0.25, 0.3) is 0 Å². The molecule has 146 valence electrons. The average molecular weight is 409 g/mol. The first kappa shape index (κ1) is 17.9. The van der Waals surface area contributed by atoms with E-state index in [1.165, 1.54) is 7.11 Å². The number of nitrogens with zero attached hydrogens (tertiary/aromatic N) is 2. The van der Waals surface area contributed by atoms with Gasteiger partial charge in [-0.05, 0) is 29.3 Å². The van der Waals surface area contributed by atoms with E-state index in [0.717, 1.165) is 16.0 Å². The number of fused-ring (bicyclic) bond motifs is 5. The summed E-state index contributed by atoms with van der Waals surface area (Å²) < 4.78 is 5.00. The highest BCUT2D eigenvalue weighted by atomic mass is 35.5. The van der Waals surface area contributed by atoms with Crippen LogP contribution in [0.5, 0.6) is 0 Å². The predicted octanol–water partition coefficient (Wildman–Crippen LogP) is 3.03. The monoisotopic (exact) mass is 408 g/mol. The van der Waals surface area contributed by atoms with Gasteiger partial charge in [0.05, 0.1) is 35.7 Å². The van der Waals surface area contributed by atoms with Crippen molar-refractivity contribution in [3.05, 3.63) is 70.9 Å². The molecule has 3 heterocycles. The molecule has 2 fully saturated rings. The van der Waals surface area contributed by atoms with Crippen LogP contribution in [-0.4, -0.2) is 35.8 Å². The van der Waals surface area contributed by atoms with E-state index in [1.54, 1.807) is 35.4 Å². The maximum Gasteiger partial charge on any atom is 0.329 e. The largest absolute Gasteiger partial charge is 0.467 e. The molecule has 0 unspecified atom stereocenters. The minimum Gasteiger partial charge on any atom is -0.467 e. The molecule has 6 nitrogen and oxygen atoms in total. The number of anilines is 1.